The molecule has 1 aromatic rings. The highest BCUT2D eigenvalue weighted by atomic mass is 19.1. The van der Waals surface area contributed by atoms with Gasteiger partial charge in [-0.3, -0.25) is 4.68 Å². The average molecular weight is 229 g/mol. The van der Waals surface area contributed by atoms with Gasteiger partial charge in [-0.1, -0.05) is 0 Å². The summed E-state index contributed by atoms with van der Waals surface area (Å²) >= 11 is 0. The second-order valence-electron chi connectivity index (χ2n) is 4.18. The van der Waals surface area contributed by atoms with Gasteiger partial charge in [0.05, 0.1) is 12.8 Å². The van der Waals surface area contributed by atoms with Crippen LogP contribution in [0, 0.1) is 0 Å². The largest absolute Gasteiger partial charge is 0.381 e. The predicted octanol–water partition coefficient (Wildman–Crippen LogP) is 1.06. The Morgan fingerprint density at radius 3 is 2.88 bits per heavy atom. The van der Waals surface area contributed by atoms with Gasteiger partial charge in [-0.25, -0.2) is 4.39 Å². The third-order valence-electron chi connectivity index (χ3n) is 2.51. The van der Waals surface area contributed by atoms with Crippen LogP contribution in [0.1, 0.15) is 18.4 Å². The first-order chi connectivity index (χ1) is 7.59. The number of ether oxygens (including phenoxy) is 1. The first-order valence-electron chi connectivity index (χ1n) is 5.45. The van der Waals surface area contributed by atoms with E-state index in [1.165, 1.54) is 7.11 Å². The second-order valence-corrected chi connectivity index (χ2v) is 4.18. The molecule has 2 N–H and O–H groups in total. The van der Waals surface area contributed by atoms with E-state index in [1.807, 2.05) is 13.2 Å². The molecule has 16 heavy (non-hydrogen) atoms. The monoisotopic (exact) mass is 229 g/mol. The molecule has 5 heteroatoms. The molecule has 4 nitrogen and oxygen atoms in total. The number of halogens is 1. The van der Waals surface area contributed by atoms with Gasteiger partial charge >= 0.3 is 0 Å². The first kappa shape index (κ1) is 13.1. The van der Waals surface area contributed by atoms with Crippen molar-refractivity contribution in [3.05, 3.63) is 18.0 Å². The summed E-state index contributed by atoms with van der Waals surface area (Å²) in [6.45, 7) is 0.602. The van der Waals surface area contributed by atoms with Gasteiger partial charge in [-0.2, -0.15) is 5.10 Å². The van der Waals surface area contributed by atoms with E-state index in [4.69, 9.17) is 10.5 Å². The van der Waals surface area contributed by atoms with Crippen molar-refractivity contribution < 1.29 is 9.13 Å². The molecule has 0 saturated heterocycles. The molecule has 0 aromatic carbocycles. The zero-order valence-corrected chi connectivity index (χ0v) is 9.95. The van der Waals surface area contributed by atoms with E-state index in [-0.39, 0.29) is 6.61 Å². The Hall–Kier alpha value is -0.940. The Morgan fingerprint density at radius 2 is 2.38 bits per heavy atom. The Kier molecular flexibility index (Phi) is 4.89. The van der Waals surface area contributed by atoms with E-state index in [9.17, 15) is 4.39 Å². The van der Waals surface area contributed by atoms with Crippen LogP contribution in [0.3, 0.4) is 0 Å². The molecule has 1 rings (SSSR count). The highest BCUT2D eigenvalue weighted by Crippen LogP contribution is 2.24. The molecule has 1 aromatic heterocycles. The highest BCUT2D eigenvalue weighted by molar-refractivity contribution is 5.08. The normalized spacial score (nSPS) is 15.0. The molecule has 0 aliphatic heterocycles. The van der Waals surface area contributed by atoms with Crippen molar-refractivity contribution in [2.45, 2.75) is 24.9 Å². The Bertz CT molecular complexity index is 316. The Labute approximate surface area is 95.6 Å². The molecule has 92 valence electrons. The summed E-state index contributed by atoms with van der Waals surface area (Å²) in [6.07, 6.45) is 4.93. The van der Waals surface area contributed by atoms with E-state index in [0.29, 0.717) is 25.8 Å². The van der Waals surface area contributed by atoms with E-state index in [2.05, 4.69) is 5.10 Å². The molecule has 1 atom stereocenters. The summed E-state index contributed by atoms with van der Waals surface area (Å²) < 4.78 is 21.1. The van der Waals surface area contributed by atoms with Crippen LogP contribution in [0.4, 0.5) is 4.39 Å². The lowest BCUT2D eigenvalue weighted by Crippen LogP contribution is -2.32. The number of hydrogen-bond acceptors (Lipinski definition) is 3. The lowest BCUT2D eigenvalue weighted by molar-refractivity contribution is 0.0334. The summed E-state index contributed by atoms with van der Waals surface area (Å²) in [7, 11) is 3.33. The third-order valence-corrected chi connectivity index (χ3v) is 2.51. The van der Waals surface area contributed by atoms with Gasteiger partial charge in [0.25, 0.3) is 0 Å². The van der Waals surface area contributed by atoms with Crippen LogP contribution in [0.25, 0.3) is 0 Å². The van der Waals surface area contributed by atoms with Gasteiger partial charge in [-0.05, 0) is 24.9 Å². The Morgan fingerprint density at radius 1 is 1.62 bits per heavy atom. The summed E-state index contributed by atoms with van der Waals surface area (Å²) in [5, 5.41) is 4.03. The lowest BCUT2D eigenvalue weighted by atomic mass is 9.94. The second kappa shape index (κ2) is 5.96. The summed E-state index contributed by atoms with van der Waals surface area (Å²) in [5.74, 6) is 0. The molecule has 0 fully saturated rings. The van der Waals surface area contributed by atoms with Crippen molar-refractivity contribution in [3.63, 3.8) is 0 Å². The standard InChI is InChI=1S/C11H20FN3O/c1-15-8-10(7-14-15)6-11(12,9-16-2)4-3-5-13/h7-8H,3-6,9,13H2,1-2H3. The van der Waals surface area contributed by atoms with Crippen molar-refractivity contribution in [1.29, 1.82) is 0 Å². The van der Waals surface area contributed by atoms with Gasteiger partial charge in [0.1, 0.15) is 5.67 Å². The van der Waals surface area contributed by atoms with Gasteiger partial charge in [0.15, 0.2) is 0 Å². The quantitative estimate of drug-likeness (QED) is 0.760. The minimum atomic E-state index is -1.34. The van der Waals surface area contributed by atoms with Crippen LogP contribution < -0.4 is 5.73 Å². The molecule has 0 spiro atoms. The zero-order valence-electron chi connectivity index (χ0n) is 9.95. The fourth-order valence-corrected chi connectivity index (χ4v) is 1.82. The van der Waals surface area contributed by atoms with Crippen LogP contribution in [0.5, 0.6) is 0 Å². The molecule has 0 bridgehead atoms. The first-order valence-corrected chi connectivity index (χ1v) is 5.45. The molecule has 0 aliphatic carbocycles. The fourth-order valence-electron chi connectivity index (χ4n) is 1.82. The SMILES string of the molecule is COCC(F)(CCCN)Cc1cnn(C)c1. The van der Waals surface area contributed by atoms with Gasteiger partial charge in [0, 0.05) is 26.8 Å². The van der Waals surface area contributed by atoms with Crippen molar-refractivity contribution in [1.82, 2.24) is 9.78 Å². The molecular weight excluding hydrogens is 209 g/mol. The molecule has 1 heterocycles. The molecule has 1 unspecified atom stereocenters. The molecular formula is C11H20FN3O. The van der Waals surface area contributed by atoms with E-state index >= 15 is 0 Å². The van der Waals surface area contributed by atoms with Crippen LogP contribution in [-0.2, 0) is 18.2 Å². The number of methoxy groups -OCH3 is 1. The number of aryl methyl sites for hydroxylation is 1. The summed E-state index contributed by atoms with van der Waals surface area (Å²) in [4.78, 5) is 0. The van der Waals surface area contributed by atoms with Crippen molar-refractivity contribution in [2.75, 3.05) is 20.3 Å². The van der Waals surface area contributed by atoms with Crippen molar-refractivity contribution >= 4 is 0 Å². The lowest BCUT2D eigenvalue weighted by Gasteiger charge is -2.23. The number of rotatable bonds is 7. The van der Waals surface area contributed by atoms with Crippen LogP contribution in [0.15, 0.2) is 12.4 Å². The molecule has 0 amide bonds. The number of alkyl halides is 1. The smallest absolute Gasteiger partial charge is 0.138 e. The molecule has 0 radical (unpaired) electrons. The predicted molar refractivity (Wildman–Crippen MR) is 60.9 cm³/mol. The minimum absolute atomic E-state index is 0.0991. The van der Waals surface area contributed by atoms with E-state index < -0.39 is 5.67 Å². The summed E-state index contributed by atoms with van der Waals surface area (Å²) in [6, 6.07) is 0. The number of nitrogens with two attached hydrogens (primary N) is 1. The van der Waals surface area contributed by atoms with Crippen LogP contribution >= 0.6 is 0 Å². The van der Waals surface area contributed by atoms with Gasteiger partial charge in [0.2, 0.25) is 0 Å². The summed E-state index contributed by atoms with van der Waals surface area (Å²) in [5.41, 5.74) is 4.96. The van der Waals surface area contributed by atoms with Crippen LogP contribution in [0.2, 0.25) is 0 Å². The average Bonchev–Trinajstić information content (AvgIpc) is 2.61. The third kappa shape index (κ3) is 3.90. The van der Waals surface area contributed by atoms with Gasteiger partial charge < -0.3 is 10.5 Å². The van der Waals surface area contributed by atoms with E-state index in [0.717, 1.165) is 5.56 Å². The number of nitrogens with zero attached hydrogens (tertiary/aromatic N) is 2. The van der Waals surface area contributed by atoms with Crippen molar-refractivity contribution in [2.24, 2.45) is 12.8 Å². The molecule has 0 aliphatic rings. The highest BCUT2D eigenvalue weighted by Gasteiger charge is 2.29. The zero-order chi connectivity index (χ0) is 12.0. The topological polar surface area (TPSA) is 53.1 Å². The number of hydrogen-bond donors (Lipinski definition) is 1. The maximum atomic E-state index is 14.5. The maximum absolute atomic E-state index is 14.5. The number of aromatic nitrogens is 2. The maximum Gasteiger partial charge on any atom is 0.138 e. The van der Waals surface area contributed by atoms with Crippen molar-refractivity contribution in [3.8, 4) is 0 Å². The Balaban J connectivity index is 2.62. The molecule has 0 saturated carbocycles. The minimum Gasteiger partial charge on any atom is -0.381 e. The van der Waals surface area contributed by atoms with Crippen LogP contribution in [-0.4, -0.2) is 35.7 Å². The van der Waals surface area contributed by atoms with E-state index in [1.54, 1.807) is 10.9 Å². The van der Waals surface area contributed by atoms with Gasteiger partial charge in [-0.15, -0.1) is 0 Å². The fraction of sp³-hybridized carbons (Fsp3) is 0.727.